The molecule has 0 aromatic heterocycles. The maximum absolute atomic E-state index is 12.1. The third-order valence-electron chi connectivity index (χ3n) is 2.97. The second kappa shape index (κ2) is 8.42. The highest BCUT2D eigenvalue weighted by Crippen LogP contribution is 2.24. The molecule has 1 aromatic rings. The van der Waals surface area contributed by atoms with Crippen molar-refractivity contribution in [2.45, 2.75) is 45.8 Å². The van der Waals surface area contributed by atoms with E-state index in [1.165, 1.54) is 13.2 Å². The highest BCUT2D eigenvalue weighted by atomic mass is 16.6. The maximum Gasteiger partial charge on any atom is 0.408 e. The molecule has 0 aliphatic carbocycles. The Morgan fingerprint density at radius 3 is 2.50 bits per heavy atom. The summed E-state index contributed by atoms with van der Waals surface area (Å²) in [6, 6.07) is 3.67. The first-order valence-electron chi connectivity index (χ1n) is 7.68. The Bertz CT molecular complexity index is 579. The van der Waals surface area contributed by atoms with Crippen LogP contribution < -0.4 is 10.1 Å². The maximum atomic E-state index is 12.1. The molecule has 7 heteroatoms. The first-order valence-corrected chi connectivity index (χ1v) is 7.68. The van der Waals surface area contributed by atoms with Crippen LogP contribution >= 0.6 is 0 Å². The van der Waals surface area contributed by atoms with Crippen molar-refractivity contribution in [1.29, 1.82) is 0 Å². The van der Waals surface area contributed by atoms with Gasteiger partial charge in [-0.3, -0.25) is 0 Å². The van der Waals surface area contributed by atoms with Crippen LogP contribution in [0.5, 0.6) is 11.5 Å². The summed E-state index contributed by atoms with van der Waals surface area (Å²) in [5.74, 6) is -0.0793. The SMILES string of the molecule is CCOC(=O)C(Cc1cc(OC)ccc1O)NC(=O)OC(C)(C)C. The van der Waals surface area contributed by atoms with Gasteiger partial charge in [-0.15, -0.1) is 0 Å². The summed E-state index contributed by atoms with van der Waals surface area (Å²) in [6.45, 7) is 7.01. The average molecular weight is 339 g/mol. The van der Waals surface area contributed by atoms with E-state index >= 15 is 0 Å². The third kappa shape index (κ3) is 6.36. The molecule has 0 spiro atoms. The summed E-state index contributed by atoms with van der Waals surface area (Å²) in [5.41, 5.74) is -0.245. The fourth-order valence-corrected chi connectivity index (χ4v) is 1.96. The lowest BCUT2D eigenvalue weighted by Gasteiger charge is -2.23. The number of carbonyl (C=O) groups excluding carboxylic acids is 2. The van der Waals surface area contributed by atoms with Crippen LogP contribution in [-0.2, 0) is 20.7 Å². The number of ether oxygens (including phenoxy) is 3. The van der Waals surface area contributed by atoms with Crippen LogP contribution in [0.3, 0.4) is 0 Å². The molecular weight excluding hydrogens is 314 g/mol. The lowest BCUT2D eigenvalue weighted by molar-refractivity contribution is -0.145. The van der Waals surface area contributed by atoms with Crippen molar-refractivity contribution < 1.29 is 28.9 Å². The van der Waals surface area contributed by atoms with Crippen LogP contribution in [0.2, 0.25) is 0 Å². The van der Waals surface area contributed by atoms with Crippen LogP contribution in [0.1, 0.15) is 33.3 Å². The van der Waals surface area contributed by atoms with Gasteiger partial charge in [-0.05, 0) is 45.9 Å². The zero-order valence-corrected chi connectivity index (χ0v) is 14.7. The van der Waals surface area contributed by atoms with E-state index in [4.69, 9.17) is 14.2 Å². The Morgan fingerprint density at radius 1 is 1.29 bits per heavy atom. The predicted molar refractivity (Wildman–Crippen MR) is 88.2 cm³/mol. The second-order valence-electron chi connectivity index (χ2n) is 6.15. The van der Waals surface area contributed by atoms with Gasteiger partial charge in [-0.2, -0.15) is 0 Å². The molecule has 0 saturated carbocycles. The monoisotopic (exact) mass is 339 g/mol. The number of carbonyl (C=O) groups is 2. The number of aromatic hydroxyl groups is 1. The van der Waals surface area contributed by atoms with Gasteiger partial charge in [0.25, 0.3) is 0 Å². The molecule has 0 radical (unpaired) electrons. The molecule has 1 aromatic carbocycles. The minimum Gasteiger partial charge on any atom is -0.508 e. The lowest BCUT2D eigenvalue weighted by atomic mass is 10.0. The second-order valence-corrected chi connectivity index (χ2v) is 6.15. The number of nitrogens with one attached hydrogen (secondary N) is 1. The van der Waals surface area contributed by atoms with Gasteiger partial charge in [0.2, 0.25) is 0 Å². The van der Waals surface area contributed by atoms with Gasteiger partial charge in [0.1, 0.15) is 23.1 Å². The zero-order valence-electron chi connectivity index (χ0n) is 14.7. The van der Waals surface area contributed by atoms with Gasteiger partial charge in [0.05, 0.1) is 13.7 Å². The summed E-state index contributed by atoms with van der Waals surface area (Å²) in [7, 11) is 1.50. The highest BCUT2D eigenvalue weighted by molar-refractivity contribution is 5.82. The number of amides is 1. The fraction of sp³-hybridized carbons (Fsp3) is 0.529. The topological polar surface area (TPSA) is 94.1 Å². The number of rotatable bonds is 6. The third-order valence-corrected chi connectivity index (χ3v) is 2.97. The van der Waals surface area contributed by atoms with E-state index in [1.54, 1.807) is 39.8 Å². The number of phenols is 1. The Hall–Kier alpha value is -2.44. The van der Waals surface area contributed by atoms with E-state index in [1.807, 2.05) is 0 Å². The van der Waals surface area contributed by atoms with Crippen molar-refractivity contribution in [3.05, 3.63) is 23.8 Å². The average Bonchev–Trinajstić information content (AvgIpc) is 2.47. The molecule has 0 fully saturated rings. The Kier molecular flexibility index (Phi) is 6.88. The number of methoxy groups -OCH3 is 1. The van der Waals surface area contributed by atoms with Gasteiger partial charge in [-0.25, -0.2) is 9.59 Å². The summed E-state index contributed by atoms with van der Waals surface area (Å²) < 4.78 is 15.3. The van der Waals surface area contributed by atoms with Gasteiger partial charge in [-0.1, -0.05) is 0 Å². The Balaban J connectivity index is 2.94. The van der Waals surface area contributed by atoms with Crippen molar-refractivity contribution in [1.82, 2.24) is 5.32 Å². The number of phenolic OH excluding ortho intramolecular Hbond substituents is 1. The summed E-state index contributed by atoms with van der Waals surface area (Å²) in [5, 5.41) is 12.4. The highest BCUT2D eigenvalue weighted by Gasteiger charge is 2.26. The molecule has 134 valence electrons. The molecule has 1 atom stereocenters. The van der Waals surface area contributed by atoms with Crippen molar-refractivity contribution in [3.63, 3.8) is 0 Å². The van der Waals surface area contributed by atoms with E-state index < -0.39 is 23.7 Å². The van der Waals surface area contributed by atoms with Crippen molar-refractivity contribution in [2.75, 3.05) is 13.7 Å². The number of hydrogen-bond donors (Lipinski definition) is 2. The van der Waals surface area contributed by atoms with Gasteiger partial charge < -0.3 is 24.6 Å². The Labute approximate surface area is 141 Å². The summed E-state index contributed by atoms with van der Waals surface area (Å²) in [6.07, 6.45) is -0.691. The van der Waals surface area contributed by atoms with Crippen molar-refractivity contribution in [3.8, 4) is 11.5 Å². The smallest absolute Gasteiger partial charge is 0.408 e. The first kappa shape index (κ1) is 19.6. The molecule has 0 bridgehead atoms. The summed E-state index contributed by atoms with van der Waals surface area (Å²) in [4.78, 5) is 24.1. The normalized spacial score (nSPS) is 12.2. The quantitative estimate of drug-likeness (QED) is 0.773. The van der Waals surface area contributed by atoms with Gasteiger partial charge in [0, 0.05) is 12.0 Å². The molecule has 0 aliphatic heterocycles. The van der Waals surface area contributed by atoms with Gasteiger partial charge in [0.15, 0.2) is 0 Å². The molecule has 0 aliphatic rings. The van der Waals surface area contributed by atoms with Crippen LogP contribution in [0.15, 0.2) is 18.2 Å². The molecule has 1 amide bonds. The van der Waals surface area contributed by atoms with Gasteiger partial charge >= 0.3 is 12.1 Å². The molecule has 2 N–H and O–H groups in total. The van der Waals surface area contributed by atoms with Crippen LogP contribution in [0, 0.1) is 0 Å². The first-order chi connectivity index (χ1) is 11.2. The molecule has 1 rings (SSSR count). The molecule has 0 saturated heterocycles. The largest absolute Gasteiger partial charge is 0.508 e. The minimum atomic E-state index is -0.988. The standard InChI is InChI=1S/C17H25NO6/c1-6-23-15(20)13(18-16(21)24-17(2,3)4)10-11-9-12(22-5)7-8-14(11)19/h7-9,13,19H,6,10H2,1-5H3,(H,18,21). The predicted octanol–water partition coefficient (Wildman–Crippen LogP) is 2.40. The van der Waals surface area contributed by atoms with Crippen molar-refractivity contribution in [2.24, 2.45) is 0 Å². The van der Waals surface area contributed by atoms with Crippen molar-refractivity contribution >= 4 is 12.1 Å². The summed E-state index contributed by atoms with van der Waals surface area (Å²) >= 11 is 0. The number of benzene rings is 1. The molecule has 1 unspecified atom stereocenters. The molecular formula is C17H25NO6. The lowest BCUT2D eigenvalue weighted by Crippen LogP contribution is -2.45. The molecule has 24 heavy (non-hydrogen) atoms. The fourth-order valence-electron chi connectivity index (χ4n) is 1.96. The minimum absolute atomic E-state index is 0.00362. The van der Waals surface area contributed by atoms with Crippen LogP contribution in [0.4, 0.5) is 4.79 Å². The zero-order chi connectivity index (χ0) is 18.3. The number of hydrogen-bond acceptors (Lipinski definition) is 6. The van der Waals surface area contributed by atoms with E-state index in [9.17, 15) is 14.7 Å². The van der Waals surface area contributed by atoms with E-state index in [0.29, 0.717) is 11.3 Å². The van der Waals surface area contributed by atoms with Crippen LogP contribution in [0.25, 0.3) is 0 Å². The van der Waals surface area contributed by atoms with Crippen LogP contribution in [-0.4, -0.2) is 42.5 Å². The molecule has 7 nitrogen and oxygen atoms in total. The van der Waals surface area contributed by atoms with E-state index in [-0.39, 0.29) is 18.8 Å². The number of alkyl carbamates (subject to hydrolysis) is 1. The van der Waals surface area contributed by atoms with E-state index in [0.717, 1.165) is 0 Å². The number of esters is 1. The van der Waals surface area contributed by atoms with E-state index in [2.05, 4.69) is 5.32 Å². The Morgan fingerprint density at radius 2 is 1.96 bits per heavy atom. The molecule has 0 heterocycles.